The lowest BCUT2D eigenvalue weighted by Crippen LogP contribution is -2.37. The fourth-order valence-electron chi connectivity index (χ4n) is 2.67. The van der Waals surface area contributed by atoms with Crippen LogP contribution in [-0.2, 0) is 11.3 Å². The van der Waals surface area contributed by atoms with Crippen LogP contribution >= 0.6 is 0 Å². The molecule has 20 heavy (non-hydrogen) atoms. The topological polar surface area (TPSA) is 29.5 Å². The molecule has 1 aliphatic carbocycles. The molecule has 1 fully saturated rings. The van der Waals surface area contributed by atoms with Gasteiger partial charge in [-0.25, -0.2) is 0 Å². The normalized spacial score (nSPS) is 28.9. The van der Waals surface area contributed by atoms with Crippen LogP contribution in [0.3, 0.4) is 0 Å². The van der Waals surface area contributed by atoms with Crippen LogP contribution in [0.25, 0.3) is 0 Å². The lowest BCUT2D eigenvalue weighted by Gasteiger charge is -2.31. The monoisotopic (exact) mass is 272 g/mol. The molecule has 0 aromatic heterocycles. The SMILES string of the molecule is C[C@]1(O)CCC[C@@]1(C)C#CCCOCc1ccccc1. The molecule has 0 spiro atoms. The van der Waals surface area contributed by atoms with Crippen molar-refractivity contribution >= 4 is 0 Å². The Balaban J connectivity index is 1.73. The van der Waals surface area contributed by atoms with Crippen molar-refractivity contribution in [1.29, 1.82) is 0 Å². The van der Waals surface area contributed by atoms with E-state index in [-0.39, 0.29) is 5.41 Å². The molecule has 2 rings (SSSR count). The van der Waals surface area contributed by atoms with E-state index in [0.29, 0.717) is 13.2 Å². The summed E-state index contributed by atoms with van der Waals surface area (Å²) in [6.07, 6.45) is 3.61. The molecule has 1 saturated carbocycles. The van der Waals surface area contributed by atoms with Crippen LogP contribution < -0.4 is 0 Å². The van der Waals surface area contributed by atoms with Crippen molar-refractivity contribution in [2.24, 2.45) is 5.41 Å². The quantitative estimate of drug-likeness (QED) is 0.671. The van der Waals surface area contributed by atoms with Gasteiger partial charge < -0.3 is 9.84 Å². The van der Waals surface area contributed by atoms with Gasteiger partial charge >= 0.3 is 0 Å². The minimum absolute atomic E-state index is 0.258. The van der Waals surface area contributed by atoms with Crippen molar-refractivity contribution in [1.82, 2.24) is 0 Å². The summed E-state index contributed by atoms with van der Waals surface area (Å²) in [5.41, 5.74) is 0.281. The summed E-state index contributed by atoms with van der Waals surface area (Å²) >= 11 is 0. The molecule has 0 radical (unpaired) electrons. The molecule has 2 atom stereocenters. The van der Waals surface area contributed by atoms with Gasteiger partial charge in [0.2, 0.25) is 0 Å². The van der Waals surface area contributed by atoms with Crippen LogP contribution in [0.4, 0.5) is 0 Å². The van der Waals surface area contributed by atoms with E-state index >= 15 is 0 Å². The predicted molar refractivity (Wildman–Crippen MR) is 81.1 cm³/mol. The Kier molecular flexibility index (Phi) is 4.86. The first-order valence-electron chi connectivity index (χ1n) is 7.38. The number of aliphatic hydroxyl groups is 1. The molecule has 2 heteroatoms. The van der Waals surface area contributed by atoms with Crippen LogP contribution in [0, 0.1) is 17.3 Å². The van der Waals surface area contributed by atoms with Gasteiger partial charge in [-0.3, -0.25) is 0 Å². The average Bonchev–Trinajstić information content (AvgIpc) is 2.69. The molecule has 0 amide bonds. The first-order chi connectivity index (χ1) is 9.54. The van der Waals surface area contributed by atoms with Gasteiger partial charge in [-0.15, -0.1) is 5.92 Å². The van der Waals surface area contributed by atoms with Crippen molar-refractivity contribution in [3.63, 3.8) is 0 Å². The van der Waals surface area contributed by atoms with Gasteiger partial charge in [0, 0.05) is 6.42 Å². The molecule has 0 aliphatic heterocycles. The van der Waals surface area contributed by atoms with E-state index in [1.54, 1.807) is 0 Å². The second kappa shape index (κ2) is 6.43. The summed E-state index contributed by atoms with van der Waals surface area (Å²) in [5, 5.41) is 10.3. The average molecular weight is 272 g/mol. The lowest BCUT2D eigenvalue weighted by atomic mass is 9.78. The number of ether oxygens (including phenoxy) is 1. The van der Waals surface area contributed by atoms with E-state index in [4.69, 9.17) is 4.74 Å². The summed E-state index contributed by atoms with van der Waals surface area (Å²) < 4.78 is 5.60. The Morgan fingerprint density at radius 3 is 2.60 bits per heavy atom. The van der Waals surface area contributed by atoms with Crippen LogP contribution in [0.2, 0.25) is 0 Å². The Bertz CT molecular complexity index is 481. The molecule has 1 N–H and O–H groups in total. The van der Waals surface area contributed by atoms with E-state index < -0.39 is 5.60 Å². The van der Waals surface area contributed by atoms with Crippen LogP contribution in [0.1, 0.15) is 45.1 Å². The van der Waals surface area contributed by atoms with Crippen LogP contribution in [-0.4, -0.2) is 17.3 Å². The minimum atomic E-state index is -0.648. The number of hydrogen-bond acceptors (Lipinski definition) is 2. The van der Waals surface area contributed by atoms with Gasteiger partial charge in [0.15, 0.2) is 0 Å². The zero-order valence-corrected chi connectivity index (χ0v) is 12.5. The zero-order valence-electron chi connectivity index (χ0n) is 12.5. The highest BCUT2D eigenvalue weighted by Gasteiger charge is 2.46. The first-order valence-corrected chi connectivity index (χ1v) is 7.38. The fraction of sp³-hybridized carbons (Fsp3) is 0.556. The number of hydrogen-bond donors (Lipinski definition) is 1. The summed E-state index contributed by atoms with van der Waals surface area (Å²) in [6, 6.07) is 10.1. The molecule has 2 nitrogen and oxygen atoms in total. The maximum absolute atomic E-state index is 10.3. The second-order valence-electron chi connectivity index (χ2n) is 6.05. The molecule has 1 aromatic rings. The van der Waals surface area contributed by atoms with Crippen molar-refractivity contribution < 1.29 is 9.84 Å². The van der Waals surface area contributed by atoms with E-state index in [9.17, 15) is 5.11 Å². The van der Waals surface area contributed by atoms with Crippen LogP contribution in [0.15, 0.2) is 30.3 Å². The van der Waals surface area contributed by atoms with Gasteiger partial charge in [-0.1, -0.05) is 36.3 Å². The Hall–Kier alpha value is -1.30. The molecular formula is C18H24O2. The molecule has 0 unspecified atom stereocenters. The summed E-state index contributed by atoms with van der Waals surface area (Å²) in [6.45, 7) is 5.25. The third kappa shape index (κ3) is 3.62. The Morgan fingerprint density at radius 1 is 1.20 bits per heavy atom. The van der Waals surface area contributed by atoms with Crippen molar-refractivity contribution in [2.75, 3.05) is 6.61 Å². The molecule has 1 aromatic carbocycles. The zero-order chi connectivity index (χ0) is 14.5. The highest BCUT2D eigenvalue weighted by molar-refractivity contribution is 5.19. The second-order valence-corrected chi connectivity index (χ2v) is 6.05. The third-order valence-electron chi connectivity index (χ3n) is 4.38. The summed E-state index contributed by atoms with van der Waals surface area (Å²) in [4.78, 5) is 0. The molecule has 0 heterocycles. The van der Waals surface area contributed by atoms with E-state index in [2.05, 4.69) is 30.9 Å². The van der Waals surface area contributed by atoms with Crippen molar-refractivity contribution in [3.8, 4) is 11.8 Å². The highest BCUT2D eigenvalue weighted by Crippen LogP contribution is 2.45. The standard InChI is InChI=1S/C18H24O2/c1-17(12-8-13-18(17,2)19)11-6-7-14-20-15-16-9-4-3-5-10-16/h3-5,9-10,19H,7-8,12-15H2,1-2H3/t17-,18+/m1/s1. The van der Waals surface area contributed by atoms with Crippen molar-refractivity contribution in [3.05, 3.63) is 35.9 Å². The van der Waals surface area contributed by atoms with Gasteiger partial charge in [-0.2, -0.15) is 0 Å². The number of rotatable bonds is 4. The summed E-state index contributed by atoms with van der Waals surface area (Å²) in [5.74, 6) is 6.44. The lowest BCUT2D eigenvalue weighted by molar-refractivity contribution is -0.00437. The van der Waals surface area contributed by atoms with E-state index in [1.807, 2.05) is 25.1 Å². The molecule has 108 valence electrons. The maximum atomic E-state index is 10.3. The largest absolute Gasteiger partial charge is 0.389 e. The Morgan fingerprint density at radius 2 is 1.95 bits per heavy atom. The summed E-state index contributed by atoms with van der Waals surface area (Å²) in [7, 11) is 0. The third-order valence-corrected chi connectivity index (χ3v) is 4.38. The molecular weight excluding hydrogens is 248 g/mol. The van der Waals surface area contributed by atoms with E-state index in [0.717, 1.165) is 25.7 Å². The Labute approximate surface area is 122 Å². The van der Waals surface area contributed by atoms with Gasteiger partial charge in [0.1, 0.15) is 0 Å². The molecule has 0 bridgehead atoms. The number of benzene rings is 1. The van der Waals surface area contributed by atoms with Gasteiger partial charge in [0.25, 0.3) is 0 Å². The van der Waals surface area contributed by atoms with Crippen molar-refractivity contribution in [2.45, 2.75) is 51.7 Å². The predicted octanol–water partition coefficient (Wildman–Crippen LogP) is 3.54. The van der Waals surface area contributed by atoms with Gasteiger partial charge in [0.05, 0.1) is 24.2 Å². The molecule has 0 saturated heterocycles. The van der Waals surface area contributed by atoms with Gasteiger partial charge in [-0.05, 0) is 38.7 Å². The highest BCUT2D eigenvalue weighted by atomic mass is 16.5. The first kappa shape index (κ1) is 15.1. The smallest absolute Gasteiger partial charge is 0.0781 e. The van der Waals surface area contributed by atoms with Crippen LogP contribution in [0.5, 0.6) is 0 Å². The van der Waals surface area contributed by atoms with E-state index in [1.165, 1.54) is 5.56 Å². The fourth-order valence-corrected chi connectivity index (χ4v) is 2.67. The molecule has 1 aliphatic rings. The minimum Gasteiger partial charge on any atom is -0.389 e. The maximum Gasteiger partial charge on any atom is 0.0781 e.